The average Bonchev–Trinajstić information content (AvgIpc) is 3.12. The summed E-state index contributed by atoms with van der Waals surface area (Å²) in [6.07, 6.45) is 0.278. The zero-order valence-corrected chi connectivity index (χ0v) is 19.4. The van der Waals surface area contributed by atoms with Gasteiger partial charge in [-0.05, 0) is 12.8 Å². The van der Waals surface area contributed by atoms with E-state index in [-0.39, 0.29) is 52.4 Å². The van der Waals surface area contributed by atoms with E-state index in [4.69, 9.17) is 34.9 Å². The Bertz CT molecular complexity index is 671. The van der Waals surface area contributed by atoms with Crippen molar-refractivity contribution in [1.82, 2.24) is 0 Å². The van der Waals surface area contributed by atoms with Gasteiger partial charge in [0.2, 0.25) is 0 Å². The van der Waals surface area contributed by atoms with E-state index in [1.165, 1.54) is 0 Å². The van der Waals surface area contributed by atoms with E-state index >= 15 is 0 Å². The Balaban J connectivity index is 1.65. The van der Waals surface area contributed by atoms with Crippen LogP contribution in [0, 0.1) is 11.8 Å². The molecule has 3 saturated heterocycles. The van der Waals surface area contributed by atoms with E-state index in [1.54, 1.807) is 0 Å². The second kappa shape index (κ2) is 6.77. The molecular weight excluding hydrogens is 398 g/mol. The zero-order chi connectivity index (χ0) is 20.5. The number of fused-ring (bicyclic) bond motifs is 2. The van der Waals surface area contributed by atoms with E-state index in [2.05, 4.69) is 41.5 Å². The molecule has 0 aromatic heterocycles. The van der Waals surface area contributed by atoms with Crippen molar-refractivity contribution in [3.8, 4) is 0 Å². The summed E-state index contributed by atoms with van der Waals surface area (Å²) in [5.74, 6) is -0.0489. The lowest BCUT2D eigenvalue weighted by molar-refractivity contribution is -0.214. The van der Waals surface area contributed by atoms with Crippen LogP contribution in [0.25, 0.3) is 0 Å². The number of aliphatic imine (C=N–C) groups is 1. The highest BCUT2D eigenvalue weighted by Crippen LogP contribution is 2.57. The highest BCUT2D eigenvalue weighted by molar-refractivity contribution is 6.73. The Labute approximate surface area is 173 Å². The van der Waals surface area contributed by atoms with Crippen LogP contribution in [0.5, 0.6) is 0 Å². The molecule has 4 aliphatic rings. The van der Waals surface area contributed by atoms with Gasteiger partial charge in [-0.2, -0.15) is 0 Å². The molecule has 0 aliphatic carbocycles. The van der Waals surface area contributed by atoms with Crippen molar-refractivity contribution < 1.29 is 23.1 Å². The van der Waals surface area contributed by atoms with Crippen LogP contribution in [-0.4, -0.2) is 57.3 Å². The summed E-state index contributed by atoms with van der Waals surface area (Å²) in [5, 5.41) is -0.264. The Hall–Kier alpha value is -0.473. The van der Waals surface area contributed by atoms with Crippen LogP contribution in [-0.2, 0) is 23.1 Å². The minimum absolute atomic E-state index is 0.0937. The number of hydrogen-bond acceptors (Lipinski definition) is 6. The minimum Gasteiger partial charge on any atom is -0.459 e. The Morgan fingerprint density at radius 1 is 1.14 bits per heavy atom. The molecule has 0 aromatic carbocycles. The van der Waals surface area contributed by atoms with Gasteiger partial charge in [-0.25, -0.2) is 0 Å². The fraction of sp³-hybridized carbons (Fsp3) is 0.900. The van der Waals surface area contributed by atoms with Gasteiger partial charge in [0, 0.05) is 21.7 Å². The second-order valence-electron chi connectivity index (χ2n) is 10.4. The monoisotopic (exact) mass is 429 g/mol. The van der Waals surface area contributed by atoms with Crippen LogP contribution in [0.15, 0.2) is 4.99 Å². The summed E-state index contributed by atoms with van der Waals surface area (Å²) in [4.78, 5) is 17.5. The predicted molar refractivity (Wildman–Crippen MR) is 109 cm³/mol. The van der Waals surface area contributed by atoms with Crippen molar-refractivity contribution in [1.29, 1.82) is 0 Å². The van der Waals surface area contributed by atoms with Gasteiger partial charge in [-0.3, -0.25) is 9.79 Å². The molecule has 4 aliphatic heterocycles. The Morgan fingerprint density at radius 3 is 2.43 bits per heavy atom. The van der Waals surface area contributed by atoms with E-state index < -0.39 is 8.56 Å². The van der Waals surface area contributed by atoms with Crippen LogP contribution in [0.4, 0.5) is 0 Å². The first-order valence-electron chi connectivity index (χ1n) is 10.3. The van der Waals surface area contributed by atoms with Crippen LogP contribution in [0.2, 0.25) is 10.1 Å². The number of alkyl halides is 1. The molecule has 6 nitrogen and oxygen atoms in total. The van der Waals surface area contributed by atoms with Gasteiger partial charge in [0.1, 0.15) is 24.2 Å². The van der Waals surface area contributed by atoms with Gasteiger partial charge in [-0.15, -0.1) is 11.6 Å². The Morgan fingerprint density at radius 2 is 1.82 bits per heavy atom. The number of ether oxygens (including phenoxy) is 2. The topological polar surface area (TPSA) is 66.4 Å². The van der Waals surface area contributed by atoms with Crippen molar-refractivity contribution in [2.24, 2.45) is 16.8 Å². The molecule has 0 bridgehead atoms. The highest BCUT2D eigenvalue weighted by atomic mass is 35.5. The quantitative estimate of drug-likeness (QED) is 0.387. The molecule has 4 heterocycles. The number of carbonyl (C=O) groups excluding carboxylic acids is 1. The molecule has 158 valence electrons. The molecule has 0 amide bonds. The average molecular weight is 430 g/mol. The molecule has 6 atom stereocenters. The first kappa shape index (κ1) is 20.8. The summed E-state index contributed by atoms with van der Waals surface area (Å²) >= 11 is 5.85. The van der Waals surface area contributed by atoms with Crippen molar-refractivity contribution >= 4 is 31.8 Å². The van der Waals surface area contributed by atoms with Crippen LogP contribution in [0.3, 0.4) is 0 Å². The maximum atomic E-state index is 12.7. The van der Waals surface area contributed by atoms with Crippen LogP contribution >= 0.6 is 11.6 Å². The summed E-state index contributed by atoms with van der Waals surface area (Å²) < 4.78 is 25.6. The van der Waals surface area contributed by atoms with Crippen LogP contribution < -0.4 is 0 Å². The number of rotatable bonds is 3. The number of nitrogens with zero attached hydrogens (tertiary/aromatic N) is 1. The summed E-state index contributed by atoms with van der Waals surface area (Å²) in [7, 11) is -2.66. The highest BCUT2D eigenvalue weighted by Gasteiger charge is 2.68. The van der Waals surface area contributed by atoms with Crippen molar-refractivity contribution in [2.45, 2.75) is 89.0 Å². The molecule has 4 rings (SSSR count). The van der Waals surface area contributed by atoms with Gasteiger partial charge in [-0.1, -0.05) is 41.5 Å². The number of esters is 1. The molecular formula is C20H32ClNO5Si. The molecule has 8 heteroatoms. The SMILES string of the molecule is CC(C)(C)[Si]1(C(C)(C)C)OC[C@H]2O[C@H]3N=C(CCCCl)C4C(=O)O[C@@H]([C@@H]2O1)[C@H]43. The zero-order valence-electron chi connectivity index (χ0n) is 17.7. The maximum absolute atomic E-state index is 12.7. The van der Waals surface area contributed by atoms with E-state index in [9.17, 15) is 4.79 Å². The van der Waals surface area contributed by atoms with E-state index in [0.29, 0.717) is 18.9 Å². The third kappa shape index (κ3) is 2.92. The standard InChI is InChI=1S/C20H32ClNO5Si/c1-19(2,3)28(20(4,5)6)24-10-12-15(27-28)16-14-13(18(23)26-16)11(8-7-9-21)22-17(14)25-12/h12-17H,7-10H2,1-6H3/t12-,13?,14+,15-,16-,17-/m1/s1. The normalized spacial score (nSPS) is 39.2. The lowest BCUT2D eigenvalue weighted by Crippen LogP contribution is -2.69. The number of hydrogen-bond donors (Lipinski definition) is 0. The number of carbonyl (C=O) groups is 1. The molecule has 1 unspecified atom stereocenters. The van der Waals surface area contributed by atoms with Gasteiger partial charge in [0.15, 0.2) is 6.23 Å². The molecule has 0 N–H and O–H groups in total. The van der Waals surface area contributed by atoms with Crippen LogP contribution in [0.1, 0.15) is 54.4 Å². The summed E-state index contributed by atoms with van der Waals surface area (Å²) in [5.41, 5.74) is 0.873. The number of halogens is 1. The second-order valence-corrected chi connectivity index (χ2v) is 15.6. The lowest BCUT2D eigenvalue weighted by atomic mass is 9.82. The minimum atomic E-state index is -2.66. The fourth-order valence-electron chi connectivity index (χ4n) is 5.60. The third-order valence-electron chi connectivity index (χ3n) is 6.55. The van der Waals surface area contributed by atoms with E-state index in [0.717, 1.165) is 12.1 Å². The summed E-state index contributed by atoms with van der Waals surface area (Å²) in [6, 6.07) is 0. The molecule has 0 aromatic rings. The molecule has 3 fully saturated rings. The van der Waals surface area contributed by atoms with E-state index in [1.807, 2.05) is 0 Å². The van der Waals surface area contributed by atoms with Gasteiger partial charge < -0.3 is 18.3 Å². The molecule has 28 heavy (non-hydrogen) atoms. The fourth-order valence-corrected chi connectivity index (χ4v) is 10.7. The first-order chi connectivity index (χ1) is 13.0. The van der Waals surface area contributed by atoms with Crippen molar-refractivity contribution in [3.05, 3.63) is 0 Å². The first-order valence-corrected chi connectivity index (χ1v) is 12.7. The molecule has 0 spiro atoms. The molecule has 0 saturated carbocycles. The predicted octanol–water partition coefficient (Wildman–Crippen LogP) is 3.80. The molecule has 0 radical (unpaired) electrons. The third-order valence-corrected chi connectivity index (χ3v) is 11.9. The van der Waals surface area contributed by atoms with Crippen molar-refractivity contribution in [2.75, 3.05) is 12.5 Å². The van der Waals surface area contributed by atoms with Gasteiger partial charge >= 0.3 is 14.5 Å². The largest absolute Gasteiger partial charge is 0.459 e. The lowest BCUT2D eigenvalue weighted by Gasteiger charge is -2.56. The van der Waals surface area contributed by atoms with Gasteiger partial charge in [0.05, 0.1) is 12.5 Å². The van der Waals surface area contributed by atoms with Crippen molar-refractivity contribution in [3.63, 3.8) is 0 Å². The van der Waals surface area contributed by atoms with Gasteiger partial charge in [0.25, 0.3) is 0 Å². The smallest absolute Gasteiger partial charge is 0.349 e. The summed E-state index contributed by atoms with van der Waals surface area (Å²) in [6.45, 7) is 13.6. The maximum Gasteiger partial charge on any atom is 0.349 e. The Kier molecular flexibility index (Phi) is 5.03.